The molecular weight excluding hydrogens is 392 g/mol. The van der Waals surface area contributed by atoms with Crippen LogP contribution in [-0.4, -0.2) is 58.3 Å². The highest BCUT2D eigenvalue weighted by atomic mass is 16.2. The van der Waals surface area contributed by atoms with Gasteiger partial charge in [0.2, 0.25) is 0 Å². The van der Waals surface area contributed by atoms with Gasteiger partial charge in [0.1, 0.15) is 5.82 Å². The fourth-order valence-electron chi connectivity index (χ4n) is 3.88. The molecule has 162 valence electrons. The number of benzene rings is 1. The second-order valence-electron chi connectivity index (χ2n) is 7.64. The highest BCUT2D eigenvalue weighted by molar-refractivity contribution is 6.04. The lowest BCUT2D eigenvalue weighted by Gasteiger charge is -2.34. The molecule has 0 unspecified atom stereocenters. The van der Waals surface area contributed by atoms with E-state index in [4.69, 9.17) is 0 Å². The Morgan fingerprint density at radius 1 is 1.00 bits per heavy atom. The molecule has 8 heteroatoms. The molecule has 0 spiro atoms. The maximum Gasteiger partial charge on any atom is 0.274 e. The third-order valence-corrected chi connectivity index (χ3v) is 5.79. The van der Waals surface area contributed by atoms with Crippen LogP contribution < -0.4 is 15.8 Å². The summed E-state index contributed by atoms with van der Waals surface area (Å²) in [6.07, 6.45) is 1.81. The molecule has 1 saturated heterocycles. The number of amides is 1. The lowest BCUT2D eigenvalue weighted by Crippen LogP contribution is -2.46. The van der Waals surface area contributed by atoms with E-state index >= 15 is 0 Å². The van der Waals surface area contributed by atoms with Gasteiger partial charge in [0, 0.05) is 50.9 Å². The van der Waals surface area contributed by atoms with E-state index in [1.54, 1.807) is 30.5 Å². The fourth-order valence-corrected chi connectivity index (χ4v) is 3.88. The predicted octanol–water partition coefficient (Wildman–Crippen LogP) is 1.88. The molecule has 31 heavy (non-hydrogen) atoms. The van der Waals surface area contributed by atoms with Crippen LogP contribution in [0.3, 0.4) is 0 Å². The van der Waals surface area contributed by atoms with Crippen molar-refractivity contribution in [3.05, 3.63) is 64.2 Å². The second kappa shape index (κ2) is 9.26. The summed E-state index contributed by atoms with van der Waals surface area (Å²) in [5.41, 5.74) is 0.988. The number of aromatic nitrogens is 3. The minimum Gasteiger partial charge on any atom is -0.354 e. The highest BCUT2D eigenvalue weighted by Gasteiger charge is 2.18. The summed E-state index contributed by atoms with van der Waals surface area (Å²) in [7, 11) is 0. The lowest BCUT2D eigenvalue weighted by molar-refractivity contribution is 0.0945. The van der Waals surface area contributed by atoms with Crippen molar-refractivity contribution in [1.82, 2.24) is 25.0 Å². The van der Waals surface area contributed by atoms with Crippen molar-refractivity contribution in [3.8, 4) is 0 Å². The summed E-state index contributed by atoms with van der Waals surface area (Å²) in [6.45, 7) is 9.91. The van der Waals surface area contributed by atoms with Crippen LogP contribution in [0.1, 0.15) is 29.9 Å². The third kappa shape index (κ3) is 4.44. The first-order valence-electron chi connectivity index (χ1n) is 10.8. The van der Waals surface area contributed by atoms with Crippen molar-refractivity contribution in [2.45, 2.75) is 26.9 Å². The molecule has 1 amide bonds. The number of anilines is 1. The van der Waals surface area contributed by atoms with Gasteiger partial charge in [-0.15, -0.1) is 0 Å². The zero-order valence-electron chi connectivity index (χ0n) is 18.0. The van der Waals surface area contributed by atoms with Crippen LogP contribution in [0.25, 0.3) is 10.8 Å². The van der Waals surface area contributed by atoms with E-state index in [9.17, 15) is 9.59 Å². The van der Waals surface area contributed by atoms with Crippen LogP contribution in [0.5, 0.6) is 0 Å². The number of hydrogen-bond donors (Lipinski definition) is 1. The van der Waals surface area contributed by atoms with Crippen molar-refractivity contribution in [2.75, 3.05) is 37.6 Å². The number of piperazine rings is 1. The molecule has 4 rings (SSSR count). The standard InChI is InChI=1S/C23H28N6O2/c1-3-27-11-13-28(14-12-27)20-10-9-17(15-24-20)16-25-22(30)21-18-7-5-6-8-19(18)23(31)29(4-2)26-21/h5-10,15H,3-4,11-14,16H2,1-2H3,(H,25,30). The highest BCUT2D eigenvalue weighted by Crippen LogP contribution is 2.15. The smallest absolute Gasteiger partial charge is 0.274 e. The molecule has 8 nitrogen and oxygen atoms in total. The zero-order chi connectivity index (χ0) is 21.8. The van der Waals surface area contributed by atoms with E-state index < -0.39 is 0 Å². The first-order chi connectivity index (χ1) is 15.1. The van der Waals surface area contributed by atoms with Gasteiger partial charge >= 0.3 is 0 Å². The number of nitrogens with one attached hydrogen (secondary N) is 1. The topological polar surface area (TPSA) is 83.4 Å². The number of likely N-dealkylation sites (N-methyl/N-ethyl adjacent to an activating group) is 1. The number of carbonyl (C=O) groups excluding carboxylic acids is 1. The average Bonchev–Trinajstić information content (AvgIpc) is 2.83. The van der Waals surface area contributed by atoms with Crippen molar-refractivity contribution < 1.29 is 4.79 Å². The molecule has 1 aromatic carbocycles. The maximum atomic E-state index is 12.9. The molecule has 0 bridgehead atoms. The summed E-state index contributed by atoms with van der Waals surface area (Å²) in [4.78, 5) is 34.6. The molecule has 2 aromatic heterocycles. The number of rotatable bonds is 6. The fraction of sp³-hybridized carbons (Fsp3) is 0.391. The van der Waals surface area contributed by atoms with Gasteiger partial charge in [-0.2, -0.15) is 5.10 Å². The molecule has 0 radical (unpaired) electrons. The number of nitrogens with zero attached hydrogens (tertiary/aromatic N) is 5. The lowest BCUT2D eigenvalue weighted by atomic mass is 10.1. The van der Waals surface area contributed by atoms with Crippen molar-refractivity contribution in [1.29, 1.82) is 0 Å². The Kier molecular flexibility index (Phi) is 6.27. The van der Waals surface area contributed by atoms with E-state index in [2.05, 4.69) is 32.1 Å². The minimum atomic E-state index is -0.307. The van der Waals surface area contributed by atoms with Crippen LogP contribution in [0.2, 0.25) is 0 Å². The summed E-state index contributed by atoms with van der Waals surface area (Å²) in [5, 5.41) is 8.26. The van der Waals surface area contributed by atoms with Gasteiger partial charge in [-0.05, 0) is 31.2 Å². The monoisotopic (exact) mass is 420 g/mol. The first kappa shape index (κ1) is 21.0. The van der Waals surface area contributed by atoms with E-state index in [1.807, 2.05) is 19.1 Å². The number of pyridine rings is 1. The molecule has 1 fully saturated rings. The van der Waals surface area contributed by atoms with E-state index in [0.29, 0.717) is 23.9 Å². The Morgan fingerprint density at radius 3 is 2.39 bits per heavy atom. The molecule has 1 N–H and O–H groups in total. The van der Waals surface area contributed by atoms with E-state index in [-0.39, 0.29) is 17.2 Å². The number of hydrogen-bond acceptors (Lipinski definition) is 6. The zero-order valence-corrected chi connectivity index (χ0v) is 18.0. The Balaban J connectivity index is 1.45. The van der Waals surface area contributed by atoms with Gasteiger partial charge in [-0.1, -0.05) is 31.2 Å². The minimum absolute atomic E-state index is 0.186. The van der Waals surface area contributed by atoms with Gasteiger partial charge in [0.25, 0.3) is 11.5 Å². The Morgan fingerprint density at radius 2 is 1.74 bits per heavy atom. The van der Waals surface area contributed by atoms with Crippen LogP contribution in [0, 0.1) is 0 Å². The molecule has 1 aliphatic heterocycles. The van der Waals surface area contributed by atoms with E-state index in [1.165, 1.54) is 4.68 Å². The van der Waals surface area contributed by atoms with Crippen molar-refractivity contribution in [3.63, 3.8) is 0 Å². The van der Waals surface area contributed by atoms with Gasteiger partial charge in [0.15, 0.2) is 5.69 Å². The van der Waals surface area contributed by atoms with Crippen molar-refractivity contribution in [2.24, 2.45) is 0 Å². The molecule has 0 saturated carbocycles. The van der Waals surface area contributed by atoms with E-state index in [0.717, 1.165) is 44.1 Å². The normalized spacial score (nSPS) is 14.7. The molecule has 3 heterocycles. The Bertz CT molecular complexity index is 1120. The van der Waals surface area contributed by atoms with Gasteiger partial charge < -0.3 is 15.1 Å². The summed E-state index contributed by atoms with van der Waals surface area (Å²) in [5.74, 6) is 0.659. The van der Waals surface area contributed by atoms with Crippen LogP contribution in [0.15, 0.2) is 47.4 Å². The Hall–Kier alpha value is -3.26. The summed E-state index contributed by atoms with van der Waals surface area (Å²) < 4.78 is 1.33. The largest absolute Gasteiger partial charge is 0.354 e. The van der Waals surface area contributed by atoms with Crippen LogP contribution in [-0.2, 0) is 13.1 Å². The van der Waals surface area contributed by atoms with Gasteiger partial charge in [-0.3, -0.25) is 9.59 Å². The Labute approximate surface area is 181 Å². The second-order valence-corrected chi connectivity index (χ2v) is 7.64. The molecule has 3 aromatic rings. The van der Waals surface area contributed by atoms with Crippen LogP contribution in [0.4, 0.5) is 5.82 Å². The molecule has 0 aliphatic carbocycles. The van der Waals surface area contributed by atoms with Crippen molar-refractivity contribution >= 4 is 22.5 Å². The predicted molar refractivity (Wildman–Crippen MR) is 121 cm³/mol. The SMILES string of the molecule is CCN1CCN(c2ccc(CNC(=O)c3nn(CC)c(=O)c4ccccc34)cn2)CC1. The molecular formula is C23H28N6O2. The first-order valence-corrected chi connectivity index (χ1v) is 10.8. The number of carbonyl (C=O) groups is 1. The quantitative estimate of drug-likeness (QED) is 0.656. The molecule has 0 atom stereocenters. The number of aryl methyl sites for hydroxylation is 1. The van der Waals surface area contributed by atoms with Gasteiger partial charge in [0.05, 0.1) is 5.39 Å². The molecule has 1 aliphatic rings. The van der Waals surface area contributed by atoms with Gasteiger partial charge in [-0.25, -0.2) is 9.67 Å². The number of fused-ring (bicyclic) bond motifs is 1. The third-order valence-electron chi connectivity index (χ3n) is 5.79. The summed E-state index contributed by atoms with van der Waals surface area (Å²) >= 11 is 0. The maximum absolute atomic E-state index is 12.9. The van der Waals surface area contributed by atoms with Crippen LogP contribution >= 0.6 is 0 Å². The summed E-state index contributed by atoms with van der Waals surface area (Å²) in [6, 6.07) is 11.1. The average molecular weight is 421 g/mol.